The van der Waals surface area contributed by atoms with Crippen molar-refractivity contribution < 1.29 is 19.1 Å². The molecule has 1 N–H and O–H groups in total. The van der Waals surface area contributed by atoms with E-state index in [0.717, 1.165) is 5.56 Å². The zero-order valence-corrected chi connectivity index (χ0v) is 14.1. The third-order valence-electron chi connectivity index (χ3n) is 4.65. The van der Waals surface area contributed by atoms with Gasteiger partial charge in [-0.05, 0) is 29.8 Å². The lowest BCUT2D eigenvalue weighted by Crippen LogP contribution is -2.32. The molecule has 0 saturated carbocycles. The summed E-state index contributed by atoms with van der Waals surface area (Å²) in [5, 5.41) is 9.84. The molecule has 1 aromatic heterocycles. The number of aliphatic hydroxyl groups is 1. The van der Waals surface area contributed by atoms with E-state index in [2.05, 4.69) is 0 Å². The molecule has 0 unspecified atom stereocenters. The summed E-state index contributed by atoms with van der Waals surface area (Å²) in [6.07, 6.45) is 0. The molecular formula is C20H17NO5. The fourth-order valence-corrected chi connectivity index (χ4v) is 3.44. The standard InChI is InChI=1S/C20H17NO5/c1-25-13-8-6-12(7-9-13)17-16-18(23)14-4-2-3-5-15(14)26-19(16)20(24)21(17)10-11-22/h2-9,17,22H,10-11H2,1H3/t17-/m0/s1. The molecular weight excluding hydrogens is 334 g/mol. The third kappa shape index (κ3) is 2.38. The van der Waals surface area contributed by atoms with Crippen LogP contribution in [-0.2, 0) is 0 Å². The number of fused-ring (bicyclic) bond motifs is 2. The Morgan fingerprint density at radius 1 is 1.12 bits per heavy atom. The van der Waals surface area contributed by atoms with Crippen LogP contribution in [-0.4, -0.2) is 36.2 Å². The first-order valence-corrected chi connectivity index (χ1v) is 8.27. The predicted octanol–water partition coefficient (Wildman–Crippen LogP) is 2.34. The molecule has 0 fully saturated rings. The molecule has 0 bridgehead atoms. The number of methoxy groups -OCH3 is 1. The summed E-state index contributed by atoms with van der Waals surface area (Å²) >= 11 is 0. The molecule has 0 aliphatic carbocycles. The Bertz CT molecular complexity index is 1040. The Labute approximate surface area is 149 Å². The van der Waals surface area contributed by atoms with Gasteiger partial charge in [0.05, 0.1) is 30.7 Å². The number of amides is 1. The minimum atomic E-state index is -0.601. The van der Waals surface area contributed by atoms with Crippen molar-refractivity contribution in [1.29, 1.82) is 0 Å². The first kappa shape index (κ1) is 16.4. The van der Waals surface area contributed by atoms with Crippen molar-refractivity contribution in [3.8, 4) is 5.75 Å². The van der Waals surface area contributed by atoms with Crippen molar-refractivity contribution in [1.82, 2.24) is 4.90 Å². The Morgan fingerprint density at radius 2 is 1.85 bits per heavy atom. The maximum atomic E-state index is 13.1. The van der Waals surface area contributed by atoms with E-state index >= 15 is 0 Å². The first-order chi connectivity index (χ1) is 12.7. The predicted molar refractivity (Wildman–Crippen MR) is 95.4 cm³/mol. The van der Waals surface area contributed by atoms with Crippen molar-refractivity contribution in [3.05, 3.63) is 75.6 Å². The van der Waals surface area contributed by atoms with Crippen LogP contribution >= 0.6 is 0 Å². The van der Waals surface area contributed by atoms with Crippen LogP contribution in [0.2, 0.25) is 0 Å². The number of rotatable bonds is 4. The van der Waals surface area contributed by atoms with Gasteiger partial charge in [0.2, 0.25) is 5.76 Å². The van der Waals surface area contributed by atoms with E-state index in [4.69, 9.17) is 9.15 Å². The molecule has 2 aromatic carbocycles. The van der Waals surface area contributed by atoms with Gasteiger partial charge in [0.1, 0.15) is 11.3 Å². The average molecular weight is 351 g/mol. The number of nitrogens with zero attached hydrogens (tertiary/aromatic N) is 1. The zero-order valence-electron chi connectivity index (χ0n) is 14.1. The van der Waals surface area contributed by atoms with Crippen LogP contribution in [0.5, 0.6) is 5.75 Å². The Hall–Kier alpha value is -3.12. The van der Waals surface area contributed by atoms with Crippen LogP contribution < -0.4 is 10.2 Å². The lowest BCUT2D eigenvalue weighted by molar-refractivity contribution is 0.0691. The molecule has 0 radical (unpaired) electrons. The molecule has 1 aliphatic heterocycles. The molecule has 0 saturated heterocycles. The van der Waals surface area contributed by atoms with Gasteiger partial charge < -0.3 is 19.2 Å². The summed E-state index contributed by atoms with van der Waals surface area (Å²) in [7, 11) is 1.57. The highest BCUT2D eigenvalue weighted by atomic mass is 16.5. The second-order valence-corrected chi connectivity index (χ2v) is 6.07. The first-order valence-electron chi connectivity index (χ1n) is 8.27. The minimum absolute atomic E-state index is 0.0444. The van der Waals surface area contributed by atoms with Gasteiger partial charge in [-0.2, -0.15) is 0 Å². The summed E-state index contributed by atoms with van der Waals surface area (Å²) in [5.74, 6) is 0.332. The van der Waals surface area contributed by atoms with Crippen LogP contribution in [0, 0.1) is 0 Å². The van der Waals surface area contributed by atoms with E-state index in [0.29, 0.717) is 22.3 Å². The summed E-state index contributed by atoms with van der Waals surface area (Å²) in [4.78, 5) is 27.4. The van der Waals surface area contributed by atoms with Gasteiger partial charge >= 0.3 is 0 Å². The van der Waals surface area contributed by atoms with Crippen LogP contribution in [0.4, 0.5) is 0 Å². The van der Waals surface area contributed by atoms with Crippen molar-refractivity contribution in [3.63, 3.8) is 0 Å². The van der Waals surface area contributed by atoms with E-state index in [1.165, 1.54) is 4.90 Å². The fraction of sp³-hybridized carbons (Fsp3) is 0.200. The fourth-order valence-electron chi connectivity index (χ4n) is 3.44. The Kier molecular flexibility index (Phi) is 3.97. The average Bonchev–Trinajstić information content (AvgIpc) is 2.95. The van der Waals surface area contributed by atoms with Crippen molar-refractivity contribution in [2.24, 2.45) is 0 Å². The van der Waals surface area contributed by atoms with E-state index in [9.17, 15) is 14.7 Å². The second kappa shape index (κ2) is 6.31. The van der Waals surface area contributed by atoms with Gasteiger partial charge in [0, 0.05) is 6.54 Å². The highest BCUT2D eigenvalue weighted by molar-refractivity contribution is 5.99. The zero-order chi connectivity index (χ0) is 18.3. The van der Waals surface area contributed by atoms with Crippen LogP contribution in [0.3, 0.4) is 0 Å². The molecule has 132 valence electrons. The highest BCUT2D eigenvalue weighted by Crippen LogP contribution is 2.38. The normalized spacial score (nSPS) is 16.2. The van der Waals surface area contributed by atoms with Gasteiger partial charge in [-0.3, -0.25) is 9.59 Å². The van der Waals surface area contributed by atoms with E-state index < -0.39 is 11.9 Å². The van der Waals surface area contributed by atoms with Gasteiger partial charge in [0.25, 0.3) is 5.91 Å². The molecule has 3 aromatic rings. The van der Waals surface area contributed by atoms with Gasteiger partial charge in [-0.15, -0.1) is 0 Å². The maximum Gasteiger partial charge on any atom is 0.290 e. The number of hydrogen-bond donors (Lipinski definition) is 1. The number of ether oxygens (including phenoxy) is 1. The van der Waals surface area contributed by atoms with Crippen LogP contribution in [0.15, 0.2) is 57.7 Å². The van der Waals surface area contributed by atoms with Crippen LogP contribution in [0.1, 0.15) is 27.7 Å². The summed E-state index contributed by atoms with van der Waals surface area (Å²) in [6, 6.07) is 13.4. The maximum absolute atomic E-state index is 13.1. The van der Waals surface area contributed by atoms with Gasteiger partial charge in [-0.1, -0.05) is 24.3 Å². The van der Waals surface area contributed by atoms with E-state index in [-0.39, 0.29) is 24.3 Å². The van der Waals surface area contributed by atoms with Crippen molar-refractivity contribution >= 4 is 16.9 Å². The number of aliphatic hydroxyl groups excluding tert-OH is 1. The number of carbonyl (C=O) groups excluding carboxylic acids is 1. The largest absolute Gasteiger partial charge is 0.497 e. The summed E-state index contributed by atoms with van der Waals surface area (Å²) in [6.45, 7) is -0.102. The molecule has 4 rings (SSSR count). The molecule has 0 spiro atoms. The van der Waals surface area contributed by atoms with E-state index in [1.807, 2.05) is 12.1 Å². The number of benzene rings is 2. The molecule has 2 heterocycles. The molecule has 6 nitrogen and oxygen atoms in total. The Morgan fingerprint density at radius 3 is 2.54 bits per heavy atom. The monoisotopic (exact) mass is 351 g/mol. The third-order valence-corrected chi connectivity index (χ3v) is 4.65. The number of para-hydroxylation sites is 1. The quantitative estimate of drug-likeness (QED) is 0.780. The topological polar surface area (TPSA) is 80.0 Å². The molecule has 1 atom stereocenters. The molecule has 1 aliphatic rings. The number of carbonyl (C=O) groups is 1. The minimum Gasteiger partial charge on any atom is -0.497 e. The Balaban J connectivity index is 1.96. The van der Waals surface area contributed by atoms with Crippen molar-refractivity contribution in [2.75, 3.05) is 20.3 Å². The van der Waals surface area contributed by atoms with Gasteiger partial charge in [-0.25, -0.2) is 0 Å². The molecule has 1 amide bonds. The van der Waals surface area contributed by atoms with Crippen molar-refractivity contribution in [2.45, 2.75) is 6.04 Å². The molecule has 26 heavy (non-hydrogen) atoms. The summed E-state index contributed by atoms with van der Waals surface area (Å²) < 4.78 is 11.0. The lowest BCUT2D eigenvalue weighted by atomic mass is 9.98. The highest BCUT2D eigenvalue weighted by Gasteiger charge is 2.42. The van der Waals surface area contributed by atoms with E-state index in [1.54, 1.807) is 43.5 Å². The lowest BCUT2D eigenvalue weighted by Gasteiger charge is -2.24. The number of hydrogen-bond acceptors (Lipinski definition) is 5. The SMILES string of the molecule is COc1ccc([C@H]2c3c(oc4ccccc4c3=O)C(=O)N2CCO)cc1. The molecule has 6 heteroatoms. The van der Waals surface area contributed by atoms with Crippen LogP contribution in [0.25, 0.3) is 11.0 Å². The summed E-state index contributed by atoms with van der Waals surface area (Å²) in [5.41, 5.74) is 1.22. The van der Waals surface area contributed by atoms with Gasteiger partial charge in [0.15, 0.2) is 5.43 Å². The number of β-amino-alcohol motifs (C(OH)–C–C–N with tert-alkyl or cyclic N) is 1. The smallest absolute Gasteiger partial charge is 0.290 e. The second-order valence-electron chi connectivity index (χ2n) is 6.07.